The first-order chi connectivity index (χ1) is 9.70. The molecule has 4 heteroatoms. The minimum absolute atomic E-state index is 0.174. The van der Waals surface area contributed by atoms with Crippen LogP contribution in [-0.2, 0) is 0 Å². The van der Waals surface area contributed by atoms with Gasteiger partial charge in [-0.25, -0.2) is 0 Å². The van der Waals surface area contributed by atoms with Gasteiger partial charge in [0, 0.05) is 5.56 Å². The van der Waals surface area contributed by atoms with E-state index in [1.807, 2.05) is 18.2 Å². The monoisotopic (exact) mass is 268 g/mol. The number of hydrogen-bond acceptors (Lipinski definition) is 4. The van der Waals surface area contributed by atoms with Gasteiger partial charge in [-0.2, -0.15) is 0 Å². The molecule has 100 valence electrons. The molecule has 3 rings (SSSR count). The Kier molecular flexibility index (Phi) is 2.91. The second-order valence-corrected chi connectivity index (χ2v) is 4.34. The summed E-state index contributed by atoms with van der Waals surface area (Å²) >= 11 is 0. The van der Waals surface area contributed by atoms with Gasteiger partial charge in [-0.05, 0) is 18.2 Å². The zero-order valence-electron chi connectivity index (χ0n) is 10.8. The molecule has 0 unspecified atom stereocenters. The smallest absolute Gasteiger partial charge is 0.235 e. The number of hydrogen-bond donors (Lipinski definition) is 1. The van der Waals surface area contributed by atoms with Crippen LogP contribution in [0.15, 0.2) is 57.7 Å². The highest BCUT2D eigenvalue weighted by Gasteiger charge is 2.15. The van der Waals surface area contributed by atoms with Gasteiger partial charge in [0.15, 0.2) is 5.76 Å². The van der Waals surface area contributed by atoms with Crippen LogP contribution in [0, 0.1) is 0 Å². The van der Waals surface area contributed by atoms with Crippen LogP contribution in [-0.4, -0.2) is 12.2 Å². The minimum Gasteiger partial charge on any atom is -0.502 e. The average Bonchev–Trinajstić information content (AvgIpc) is 2.51. The molecule has 0 saturated heterocycles. The van der Waals surface area contributed by atoms with E-state index in [9.17, 15) is 9.90 Å². The van der Waals surface area contributed by atoms with E-state index in [1.165, 1.54) is 7.11 Å². The first-order valence-electron chi connectivity index (χ1n) is 6.10. The summed E-state index contributed by atoms with van der Waals surface area (Å²) in [5.74, 6) is 0.321. The molecule has 0 radical (unpaired) electrons. The molecule has 0 aliphatic rings. The van der Waals surface area contributed by atoms with Gasteiger partial charge < -0.3 is 14.3 Å². The molecule has 0 bridgehead atoms. The summed E-state index contributed by atoms with van der Waals surface area (Å²) in [6.07, 6.45) is 0. The number of methoxy groups -OCH3 is 1. The fourth-order valence-electron chi connectivity index (χ4n) is 2.08. The van der Waals surface area contributed by atoms with Crippen LogP contribution in [0.4, 0.5) is 0 Å². The maximum atomic E-state index is 12.2. The van der Waals surface area contributed by atoms with Gasteiger partial charge in [-0.15, -0.1) is 0 Å². The van der Waals surface area contributed by atoms with Crippen molar-refractivity contribution < 1.29 is 14.3 Å². The predicted molar refractivity (Wildman–Crippen MR) is 76.1 cm³/mol. The summed E-state index contributed by atoms with van der Waals surface area (Å²) < 4.78 is 10.7. The first kappa shape index (κ1) is 12.3. The Morgan fingerprint density at radius 2 is 1.85 bits per heavy atom. The molecule has 0 atom stereocenters. The summed E-state index contributed by atoms with van der Waals surface area (Å²) in [5, 5.41) is 10.4. The SMILES string of the molecule is COc1ccc2oc(-c3ccccc3)c(O)c(=O)c2c1. The minimum atomic E-state index is -0.469. The largest absolute Gasteiger partial charge is 0.502 e. The predicted octanol–water partition coefficient (Wildman–Crippen LogP) is 3.17. The highest BCUT2D eigenvalue weighted by atomic mass is 16.5. The molecule has 4 nitrogen and oxygen atoms in total. The average molecular weight is 268 g/mol. The zero-order chi connectivity index (χ0) is 14.1. The Hall–Kier alpha value is -2.75. The Bertz CT molecular complexity index is 819. The van der Waals surface area contributed by atoms with Crippen LogP contribution in [0.3, 0.4) is 0 Å². The number of benzene rings is 2. The molecule has 2 aromatic carbocycles. The lowest BCUT2D eigenvalue weighted by molar-refractivity contribution is 0.414. The fraction of sp³-hybridized carbons (Fsp3) is 0.0625. The topological polar surface area (TPSA) is 59.7 Å². The van der Waals surface area contributed by atoms with E-state index >= 15 is 0 Å². The normalized spacial score (nSPS) is 10.7. The van der Waals surface area contributed by atoms with Crippen LogP contribution in [0.1, 0.15) is 0 Å². The van der Waals surface area contributed by atoms with Gasteiger partial charge in [-0.3, -0.25) is 4.79 Å². The third-order valence-corrected chi connectivity index (χ3v) is 3.11. The van der Waals surface area contributed by atoms with Gasteiger partial charge in [0.2, 0.25) is 11.2 Å². The van der Waals surface area contributed by atoms with Gasteiger partial charge in [0.25, 0.3) is 0 Å². The van der Waals surface area contributed by atoms with Crippen molar-refractivity contribution in [3.8, 4) is 22.8 Å². The Morgan fingerprint density at radius 3 is 2.55 bits per heavy atom. The van der Waals surface area contributed by atoms with Crippen LogP contribution in [0.25, 0.3) is 22.3 Å². The molecule has 0 fully saturated rings. The van der Waals surface area contributed by atoms with Gasteiger partial charge in [-0.1, -0.05) is 30.3 Å². The molecule has 0 amide bonds. The van der Waals surface area contributed by atoms with E-state index < -0.39 is 11.2 Å². The lowest BCUT2D eigenvalue weighted by Gasteiger charge is -2.07. The number of fused-ring (bicyclic) bond motifs is 1. The Morgan fingerprint density at radius 1 is 1.10 bits per heavy atom. The number of ether oxygens (including phenoxy) is 1. The summed E-state index contributed by atoms with van der Waals surface area (Å²) in [4.78, 5) is 12.2. The van der Waals surface area contributed by atoms with Gasteiger partial charge >= 0.3 is 0 Å². The molecule has 0 saturated carbocycles. The molecule has 1 heterocycles. The van der Waals surface area contributed by atoms with Crippen molar-refractivity contribution in [3.05, 3.63) is 58.8 Å². The van der Waals surface area contributed by atoms with Crippen LogP contribution < -0.4 is 10.2 Å². The molecule has 1 aromatic heterocycles. The third kappa shape index (κ3) is 1.91. The second kappa shape index (κ2) is 4.74. The van der Waals surface area contributed by atoms with E-state index in [0.29, 0.717) is 22.3 Å². The van der Waals surface area contributed by atoms with E-state index in [4.69, 9.17) is 9.15 Å². The first-order valence-corrected chi connectivity index (χ1v) is 6.10. The standard InChI is InChI=1S/C16H12O4/c1-19-11-7-8-13-12(9-11)14(17)15(18)16(20-13)10-5-3-2-4-6-10/h2-9,18H,1H3. The lowest BCUT2D eigenvalue weighted by Crippen LogP contribution is -2.02. The van der Waals surface area contributed by atoms with Gasteiger partial charge in [0.1, 0.15) is 11.3 Å². The number of rotatable bonds is 2. The highest BCUT2D eigenvalue weighted by molar-refractivity contribution is 5.83. The van der Waals surface area contributed by atoms with E-state index in [1.54, 1.807) is 30.3 Å². The van der Waals surface area contributed by atoms with Crippen molar-refractivity contribution >= 4 is 11.0 Å². The molecule has 3 aromatic rings. The van der Waals surface area contributed by atoms with Crippen LogP contribution in [0.2, 0.25) is 0 Å². The Labute approximate surface area is 114 Å². The van der Waals surface area contributed by atoms with Crippen LogP contribution in [0.5, 0.6) is 11.5 Å². The quantitative estimate of drug-likeness (QED) is 0.775. The van der Waals surface area contributed by atoms with Crippen molar-refractivity contribution in [1.29, 1.82) is 0 Å². The Balaban J connectivity index is 2.32. The summed E-state index contributed by atoms with van der Waals surface area (Å²) in [6, 6.07) is 13.9. The maximum Gasteiger partial charge on any atom is 0.235 e. The molecule has 1 N–H and O–H groups in total. The van der Waals surface area contributed by atoms with Gasteiger partial charge in [0.05, 0.1) is 12.5 Å². The third-order valence-electron chi connectivity index (χ3n) is 3.11. The zero-order valence-corrected chi connectivity index (χ0v) is 10.8. The van der Waals surface area contributed by atoms with E-state index in [-0.39, 0.29) is 5.76 Å². The van der Waals surface area contributed by atoms with Crippen molar-refractivity contribution in [2.45, 2.75) is 0 Å². The van der Waals surface area contributed by atoms with Crippen molar-refractivity contribution in [2.75, 3.05) is 7.11 Å². The fourth-order valence-corrected chi connectivity index (χ4v) is 2.08. The second-order valence-electron chi connectivity index (χ2n) is 4.34. The lowest BCUT2D eigenvalue weighted by atomic mass is 10.1. The van der Waals surface area contributed by atoms with Crippen molar-refractivity contribution in [1.82, 2.24) is 0 Å². The molecule has 20 heavy (non-hydrogen) atoms. The summed E-state index contributed by atoms with van der Waals surface area (Å²) in [5.41, 5.74) is 0.594. The van der Waals surface area contributed by atoms with E-state index in [2.05, 4.69) is 0 Å². The summed E-state index contributed by atoms with van der Waals surface area (Å²) in [7, 11) is 1.51. The molecule has 0 aliphatic heterocycles. The molecule has 0 aliphatic carbocycles. The molecular weight excluding hydrogens is 256 g/mol. The summed E-state index contributed by atoms with van der Waals surface area (Å²) in [6.45, 7) is 0. The number of aromatic hydroxyl groups is 1. The van der Waals surface area contributed by atoms with Crippen molar-refractivity contribution in [3.63, 3.8) is 0 Å². The molecule has 0 spiro atoms. The van der Waals surface area contributed by atoms with E-state index in [0.717, 1.165) is 0 Å². The molecular formula is C16H12O4. The highest BCUT2D eigenvalue weighted by Crippen LogP contribution is 2.30. The van der Waals surface area contributed by atoms with Crippen molar-refractivity contribution in [2.24, 2.45) is 0 Å². The van der Waals surface area contributed by atoms with Crippen LogP contribution >= 0.6 is 0 Å². The maximum absolute atomic E-state index is 12.2.